The first-order valence-corrected chi connectivity index (χ1v) is 7.98. The number of nitrogens with one attached hydrogen (secondary N) is 3. The standard InChI is InChI=1S/C15H18BrN3O3/c16-12-8-4-3-7-11(12)15(22)19-18-13(20)9-17-14(21)10-5-1-2-6-10/h3-4,7-8,10H,1-2,5-6,9H2,(H,17,21)(H,18,20)(H,19,22). The van der Waals surface area contributed by atoms with Crippen molar-refractivity contribution in [2.75, 3.05) is 6.54 Å². The van der Waals surface area contributed by atoms with Crippen LogP contribution in [0.1, 0.15) is 36.0 Å². The maximum absolute atomic E-state index is 11.9. The predicted molar refractivity (Wildman–Crippen MR) is 84.7 cm³/mol. The maximum Gasteiger partial charge on any atom is 0.270 e. The summed E-state index contributed by atoms with van der Waals surface area (Å²) >= 11 is 3.26. The summed E-state index contributed by atoms with van der Waals surface area (Å²) in [6.07, 6.45) is 3.89. The molecule has 1 fully saturated rings. The molecule has 2 rings (SSSR count). The minimum Gasteiger partial charge on any atom is -0.347 e. The number of benzene rings is 1. The molecule has 3 N–H and O–H groups in total. The Morgan fingerprint density at radius 1 is 1.09 bits per heavy atom. The highest BCUT2D eigenvalue weighted by Crippen LogP contribution is 2.24. The number of hydrogen-bond acceptors (Lipinski definition) is 3. The molecule has 22 heavy (non-hydrogen) atoms. The molecule has 0 aliphatic heterocycles. The summed E-state index contributed by atoms with van der Waals surface area (Å²) in [6.45, 7) is -0.147. The highest BCUT2D eigenvalue weighted by atomic mass is 79.9. The van der Waals surface area contributed by atoms with Crippen LogP contribution < -0.4 is 16.2 Å². The Balaban J connectivity index is 1.72. The van der Waals surface area contributed by atoms with Gasteiger partial charge in [0.2, 0.25) is 5.91 Å². The van der Waals surface area contributed by atoms with Crippen LogP contribution in [0.5, 0.6) is 0 Å². The van der Waals surface area contributed by atoms with E-state index in [-0.39, 0.29) is 18.4 Å². The zero-order valence-corrected chi connectivity index (χ0v) is 13.6. The van der Waals surface area contributed by atoms with Crippen molar-refractivity contribution in [1.29, 1.82) is 0 Å². The van der Waals surface area contributed by atoms with Crippen LogP contribution in [0.15, 0.2) is 28.7 Å². The summed E-state index contributed by atoms with van der Waals surface area (Å²) in [4.78, 5) is 35.3. The fourth-order valence-corrected chi connectivity index (χ4v) is 2.85. The van der Waals surface area contributed by atoms with E-state index < -0.39 is 11.8 Å². The van der Waals surface area contributed by atoms with Crippen molar-refractivity contribution in [2.45, 2.75) is 25.7 Å². The summed E-state index contributed by atoms with van der Waals surface area (Å²) in [5, 5.41) is 2.59. The number of halogens is 1. The second kappa shape index (κ2) is 7.93. The molecule has 1 aromatic rings. The van der Waals surface area contributed by atoms with Crippen molar-refractivity contribution in [3.8, 4) is 0 Å². The van der Waals surface area contributed by atoms with Gasteiger partial charge >= 0.3 is 0 Å². The lowest BCUT2D eigenvalue weighted by atomic mass is 10.1. The summed E-state index contributed by atoms with van der Waals surface area (Å²) < 4.78 is 0.635. The molecule has 7 heteroatoms. The molecular formula is C15H18BrN3O3. The van der Waals surface area contributed by atoms with E-state index in [0.717, 1.165) is 25.7 Å². The zero-order valence-electron chi connectivity index (χ0n) is 12.0. The van der Waals surface area contributed by atoms with E-state index in [1.165, 1.54) is 0 Å². The van der Waals surface area contributed by atoms with Gasteiger partial charge in [0.25, 0.3) is 11.8 Å². The van der Waals surface area contributed by atoms with Gasteiger partial charge in [-0.3, -0.25) is 25.2 Å². The first-order valence-electron chi connectivity index (χ1n) is 7.19. The summed E-state index contributed by atoms with van der Waals surface area (Å²) in [5.74, 6) is -0.970. The number of carbonyl (C=O) groups excluding carboxylic acids is 3. The quantitative estimate of drug-likeness (QED) is 0.705. The number of rotatable bonds is 4. The van der Waals surface area contributed by atoms with E-state index in [1.807, 2.05) is 0 Å². The molecular weight excluding hydrogens is 350 g/mol. The molecule has 0 bridgehead atoms. The van der Waals surface area contributed by atoms with Gasteiger partial charge in [0.15, 0.2) is 0 Å². The van der Waals surface area contributed by atoms with Gasteiger partial charge in [-0.25, -0.2) is 0 Å². The van der Waals surface area contributed by atoms with Gasteiger partial charge in [0, 0.05) is 10.4 Å². The van der Waals surface area contributed by atoms with Crippen LogP contribution in [0.25, 0.3) is 0 Å². The average molecular weight is 368 g/mol. The smallest absolute Gasteiger partial charge is 0.270 e. The van der Waals surface area contributed by atoms with Crippen molar-refractivity contribution >= 4 is 33.7 Å². The highest BCUT2D eigenvalue weighted by molar-refractivity contribution is 9.10. The molecule has 6 nitrogen and oxygen atoms in total. The van der Waals surface area contributed by atoms with Gasteiger partial charge < -0.3 is 5.32 Å². The van der Waals surface area contributed by atoms with Gasteiger partial charge in [-0.15, -0.1) is 0 Å². The Morgan fingerprint density at radius 2 is 1.77 bits per heavy atom. The van der Waals surface area contributed by atoms with Crippen LogP contribution in [-0.4, -0.2) is 24.3 Å². The van der Waals surface area contributed by atoms with E-state index in [2.05, 4.69) is 32.1 Å². The number of hydrazine groups is 1. The van der Waals surface area contributed by atoms with Crippen molar-refractivity contribution in [1.82, 2.24) is 16.2 Å². The maximum atomic E-state index is 11.9. The minimum atomic E-state index is -0.466. The lowest BCUT2D eigenvalue weighted by Crippen LogP contribution is -2.47. The summed E-state index contributed by atoms with van der Waals surface area (Å²) in [6, 6.07) is 6.88. The third-order valence-electron chi connectivity index (χ3n) is 3.58. The Bertz CT molecular complexity index is 571. The van der Waals surface area contributed by atoms with Crippen molar-refractivity contribution in [3.05, 3.63) is 34.3 Å². The molecule has 1 aliphatic rings. The second-order valence-electron chi connectivity index (χ2n) is 5.18. The number of hydrogen-bond donors (Lipinski definition) is 3. The van der Waals surface area contributed by atoms with Crippen molar-refractivity contribution in [3.63, 3.8) is 0 Å². The lowest BCUT2D eigenvalue weighted by Gasteiger charge is -2.11. The molecule has 0 atom stereocenters. The van der Waals surface area contributed by atoms with Gasteiger partial charge in [0.1, 0.15) is 0 Å². The van der Waals surface area contributed by atoms with E-state index in [0.29, 0.717) is 10.0 Å². The largest absolute Gasteiger partial charge is 0.347 e. The molecule has 3 amide bonds. The van der Waals surface area contributed by atoms with Crippen LogP contribution in [0, 0.1) is 5.92 Å². The van der Waals surface area contributed by atoms with Gasteiger partial charge in [-0.2, -0.15) is 0 Å². The molecule has 118 valence electrons. The topological polar surface area (TPSA) is 87.3 Å². The van der Waals surface area contributed by atoms with E-state index in [9.17, 15) is 14.4 Å². The van der Waals surface area contributed by atoms with E-state index >= 15 is 0 Å². The Morgan fingerprint density at radius 3 is 2.45 bits per heavy atom. The number of carbonyl (C=O) groups is 3. The molecule has 0 radical (unpaired) electrons. The third-order valence-corrected chi connectivity index (χ3v) is 4.27. The summed E-state index contributed by atoms with van der Waals surface area (Å²) in [5.41, 5.74) is 5.01. The molecule has 0 saturated heterocycles. The van der Waals surface area contributed by atoms with Crippen LogP contribution in [0.2, 0.25) is 0 Å². The molecule has 1 aromatic carbocycles. The van der Waals surface area contributed by atoms with E-state index in [1.54, 1.807) is 24.3 Å². The highest BCUT2D eigenvalue weighted by Gasteiger charge is 2.22. The van der Waals surface area contributed by atoms with Crippen LogP contribution in [0.3, 0.4) is 0 Å². The minimum absolute atomic E-state index is 0.0164. The van der Waals surface area contributed by atoms with Gasteiger partial charge in [0.05, 0.1) is 12.1 Å². The number of amides is 3. The SMILES string of the molecule is O=C(CNC(=O)C1CCCC1)NNC(=O)c1ccccc1Br. The zero-order chi connectivity index (χ0) is 15.9. The third kappa shape index (κ3) is 4.56. The van der Waals surface area contributed by atoms with Crippen molar-refractivity contribution < 1.29 is 14.4 Å². The van der Waals surface area contributed by atoms with Crippen LogP contribution in [0.4, 0.5) is 0 Å². The lowest BCUT2D eigenvalue weighted by molar-refractivity contribution is -0.128. The molecule has 0 unspecified atom stereocenters. The first kappa shape index (κ1) is 16.5. The molecule has 0 spiro atoms. The van der Waals surface area contributed by atoms with Crippen LogP contribution >= 0.6 is 15.9 Å². The Hall–Kier alpha value is -1.89. The fraction of sp³-hybridized carbons (Fsp3) is 0.400. The van der Waals surface area contributed by atoms with Crippen LogP contribution in [-0.2, 0) is 9.59 Å². The van der Waals surface area contributed by atoms with Crippen molar-refractivity contribution in [2.24, 2.45) is 5.92 Å². The molecule has 0 aromatic heterocycles. The molecule has 1 saturated carbocycles. The predicted octanol–water partition coefficient (Wildman–Crippen LogP) is 1.52. The summed E-state index contributed by atoms with van der Waals surface area (Å²) in [7, 11) is 0. The van der Waals surface area contributed by atoms with E-state index in [4.69, 9.17) is 0 Å². The molecule has 1 aliphatic carbocycles. The average Bonchev–Trinajstić information content (AvgIpc) is 3.05. The second-order valence-corrected chi connectivity index (χ2v) is 6.04. The normalized spacial score (nSPS) is 14.4. The van der Waals surface area contributed by atoms with Gasteiger partial charge in [-0.1, -0.05) is 25.0 Å². The fourth-order valence-electron chi connectivity index (χ4n) is 2.38. The van der Waals surface area contributed by atoms with Gasteiger partial charge in [-0.05, 0) is 40.9 Å². The molecule has 0 heterocycles. The Kier molecular flexibility index (Phi) is 5.94. The first-order chi connectivity index (χ1) is 10.6. The Labute approximate surface area is 137 Å². The monoisotopic (exact) mass is 367 g/mol.